The van der Waals surface area contributed by atoms with Gasteiger partial charge in [-0.25, -0.2) is 0 Å². The summed E-state index contributed by atoms with van der Waals surface area (Å²) in [4.78, 5) is 5.67. The molecular formula is C13H16N2S. The molecule has 0 spiro atoms. The van der Waals surface area contributed by atoms with Crippen molar-refractivity contribution >= 4 is 16.9 Å². The van der Waals surface area contributed by atoms with Crippen LogP contribution in [0.4, 0.5) is 0 Å². The topological polar surface area (TPSA) is 24.4 Å². The zero-order valence-electron chi connectivity index (χ0n) is 9.66. The second-order valence-corrected chi connectivity index (χ2v) is 5.47. The molecule has 0 radical (unpaired) electrons. The molecule has 16 heavy (non-hydrogen) atoms. The number of amidine groups is 1. The highest BCUT2D eigenvalue weighted by atomic mass is 32.2. The first kappa shape index (κ1) is 11.3. The summed E-state index contributed by atoms with van der Waals surface area (Å²) in [7, 11) is 0. The maximum absolute atomic E-state index is 4.55. The monoisotopic (exact) mass is 232 g/mol. The zero-order chi connectivity index (χ0) is 11.6. The highest BCUT2D eigenvalue weighted by Crippen LogP contribution is 2.33. The molecule has 1 heterocycles. The molecule has 0 aliphatic carbocycles. The highest BCUT2D eigenvalue weighted by Gasteiger charge is 2.31. The van der Waals surface area contributed by atoms with Crippen molar-refractivity contribution in [2.45, 2.75) is 25.9 Å². The van der Waals surface area contributed by atoms with Crippen molar-refractivity contribution in [2.24, 2.45) is 4.99 Å². The number of thioether (sulfide) groups is 1. The van der Waals surface area contributed by atoms with Crippen molar-refractivity contribution in [3.05, 3.63) is 47.4 Å². The number of nitrogens with one attached hydrogen (secondary N) is 1. The molecule has 0 saturated carbocycles. The summed E-state index contributed by atoms with van der Waals surface area (Å²) in [5.74, 6) is 0. The fourth-order valence-corrected chi connectivity index (χ4v) is 2.40. The average molecular weight is 232 g/mol. The molecule has 1 aromatic rings. The van der Waals surface area contributed by atoms with Crippen LogP contribution in [0.3, 0.4) is 0 Å². The van der Waals surface area contributed by atoms with Crippen molar-refractivity contribution in [3.8, 4) is 0 Å². The lowest BCUT2D eigenvalue weighted by Gasteiger charge is -2.17. The molecule has 2 nitrogen and oxygen atoms in total. The minimum absolute atomic E-state index is 0.0415. The summed E-state index contributed by atoms with van der Waals surface area (Å²) in [5, 5.41) is 4.33. The fourth-order valence-electron chi connectivity index (χ4n) is 1.43. The van der Waals surface area contributed by atoms with Gasteiger partial charge < -0.3 is 5.32 Å². The molecule has 0 amide bonds. The molecule has 1 saturated heterocycles. The third-order valence-electron chi connectivity index (χ3n) is 2.58. The summed E-state index contributed by atoms with van der Waals surface area (Å²) < 4.78 is 0. The Bertz CT molecular complexity index is 421. The maximum atomic E-state index is 4.55. The van der Waals surface area contributed by atoms with Crippen LogP contribution in [0.25, 0.3) is 0 Å². The molecule has 0 aromatic heterocycles. The van der Waals surface area contributed by atoms with Gasteiger partial charge in [0.25, 0.3) is 0 Å². The Morgan fingerprint density at radius 3 is 2.56 bits per heavy atom. The summed E-state index contributed by atoms with van der Waals surface area (Å²) >= 11 is 1.64. The summed E-state index contributed by atoms with van der Waals surface area (Å²) in [5.41, 5.74) is 1.19. The normalized spacial score (nSPS) is 21.1. The van der Waals surface area contributed by atoms with Crippen molar-refractivity contribution in [2.75, 3.05) is 0 Å². The number of aliphatic imine (C=N–C) groups is 1. The van der Waals surface area contributed by atoms with Gasteiger partial charge in [-0.1, -0.05) is 48.7 Å². The third-order valence-corrected chi connectivity index (χ3v) is 3.77. The smallest absolute Gasteiger partial charge is 0.162 e. The lowest BCUT2D eigenvalue weighted by molar-refractivity contribution is 0.581. The van der Waals surface area contributed by atoms with E-state index >= 15 is 0 Å². The molecule has 1 aliphatic heterocycles. The largest absolute Gasteiger partial charge is 0.355 e. The van der Waals surface area contributed by atoms with E-state index < -0.39 is 0 Å². The van der Waals surface area contributed by atoms with Crippen LogP contribution in [0.2, 0.25) is 0 Å². The highest BCUT2D eigenvalue weighted by molar-refractivity contribution is 8.17. The standard InChI is InChI=1S/C13H16N2S/c1-10-13(2,3)15-12(16-10)14-9-11-7-5-4-6-8-11/h4-8H,1,9H2,2-3H3,(H,14,15). The minimum atomic E-state index is -0.0415. The van der Waals surface area contributed by atoms with Crippen LogP contribution in [-0.4, -0.2) is 10.7 Å². The number of hydrogen-bond donors (Lipinski definition) is 1. The molecule has 1 fully saturated rings. The molecule has 1 aliphatic rings. The summed E-state index contributed by atoms with van der Waals surface area (Å²) in [6, 6.07) is 10.3. The van der Waals surface area contributed by atoms with Gasteiger partial charge in [-0.3, -0.25) is 4.99 Å². The number of nitrogens with zero attached hydrogens (tertiary/aromatic N) is 1. The van der Waals surface area contributed by atoms with Crippen LogP contribution in [-0.2, 0) is 6.54 Å². The lowest BCUT2D eigenvalue weighted by Crippen LogP contribution is -2.35. The molecule has 0 atom stereocenters. The summed E-state index contributed by atoms with van der Waals surface area (Å²) in [6.45, 7) is 8.99. The van der Waals surface area contributed by atoms with Crippen LogP contribution in [0.1, 0.15) is 19.4 Å². The Balaban J connectivity index is 2.03. The Labute approximate surface area is 101 Å². The van der Waals surface area contributed by atoms with Crippen molar-refractivity contribution < 1.29 is 0 Å². The molecule has 1 aromatic carbocycles. The van der Waals surface area contributed by atoms with E-state index in [4.69, 9.17) is 0 Å². The Morgan fingerprint density at radius 1 is 1.31 bits per heavy atom. The van der Waals surface area contributed by atoms with E-state index in [2.05, 4.69) is 42.9 Å². The van der Waals surface area contributed by atoms with Gasteiger partial charge in [0.2, 0.25) is 0 Å². The minimum Gasteiger partial charge on any atom is -0.355 e. The number of hydrogen-bond acceptors (Lipinski definition) is 2. The third kappa shape index (κ3) is 2.47. The predicted octanol–water partition coefficient (Wildman–Crippen LogP) is 3.17. The molecule has 3 heteroatoms. The van der Waals surface area contributed by atoms with E-state index in [1.165, 1.54) is 5.56 Å². The van der Waals surface area contributed by atoms with Gasteiger partial charge in [0.15, 0.2) is 5.17 Å². The van der Waals surface area contributed by atoms with E-state index in [1.54, 1.807) is 11.8 Å². The first-order valence-electron chi connectivity index (χ1n) is 5.32. The van der Waals surface area contributed by atoms with Crippen LogP contribution in [0, 0.1) is 0 Å². The van der Waals surface area contributed by atoms with Gasteiger partial charge in [0, 0.05) is 4.91 Å². The van der Waals surface area contributed by atoms with E-state index in [9.17, 15) is 0 Å². The average Bonchev–Trinajstić information content (AvgIpc) is 2.52. The second-order valence-electron chi connectivity index (χ2n) is 4.38. The molecule has 84 valence electrons. The predicted molar refractivity (Wildman–Crippen MR) is 71.5 cm³/mol. The van der Waals surface area contributed by atoms with E-state index in [0.29, 0.717) is 0 Å². The van der Waals surface area contributed by atoms with E-state index in [1.807, 2.05) is 18.2 Å². The Hall–Kier alpha value is -1.22. The van der Waals surface area contributed by atoms with Crippen LogP contribution in [0.5, 0.6) is 0 Å². The first-order valence-corrected chi connectivity index (χ1v) is 6.13. The number of rotatable bonds is 2. The van der Waals surface area contributed by atoms with Gasteiger partial charge in [-0.05, 0) is 19.4 Å². The molecule has 0 bridgehead atoms. The van der Waals surface area contributed by atoms with Gasteiger partial charge in [0.05, 0.1) is 12.1 Å². The van der Waals surface area contributed by atoms with E-state index in [-0.39, 0.29) is 5.54 Å². The van der Waals surface area contributed by atoms with Gasteiger partial charge in [0.1, 0.15) is 0 Å². The lowest BCUT2D eigenvalue weighted by atomic mass is 10.1. The van der Waals surface area contributed by atoms with Crippen LogP contribution in [0.15, 0.2) is 46.8 Å². The maximum Gasteiger partial charge on any atom is 0.162 e. The quantitative estimate of drug-likeness (QED) is 0.847. The molecular weight excluding hydrogens is 216 g/mol. The molecule has 0 unspecified atom stereocenters. The van der Waals surface area contributed by atoms with Gasteiger partial charge in [-0.2, -0.15) is 0 Å². The zero-order valence-corrected chi connectivity index (χ0v) is 10.5. The van der Waals surface area contributed by atoms with E-state index in [0.717, 1.165) is 16.6 Å². The van der Waals surface area contributed by atoms with Gasteiger partial charge >= 0.3 is 0 Å². The van der Waals surface area contributed by atoms with Crippen LogP contribution < -0.4 is 5.32 Å². The number of benzene rings is 1. The fraction of sp³-hybridized carbons (Fsp3) is 0.308. The van der Waals surface area contributed by atoms with Crippen molar-refractivity contribution in [1.29, 1.82) is 0 Å². The van der Waals surface area contributed by atoms with Crippen molar-refractivity contribution in [1.82, 2.24) is 5.32 Å². The van der Waals surface area contributed by atoms with Gasteiger partial charge in [-0.15, -0.1) is 0 Å². The molecule has 2 rings (SSSR count). The summed E-state index contributed by atoms with van der Waals surface area (Å²) in [6.07, 6.45) is 0. The Morgan fingerprint density at radius 2 is 2.00 bits per heavy atom. The first-order chi connectivity index (χ1) is 7.58. The van der Waals surface area contributed by atoms with Crippen molar-refractivity contribution in [3.63, 3.8) is 0 Å². The SMILES string of the molecule is C=C1SC(=NCc2ccccc2)NC1(C)C. The molecule has 1 N–H and O–H groups in total. The Kier molecular flexibility index (Phi) is 3.06. The second kappa shape index (κ2) is 4.34. The van der Waals surface area contributed by atoms with Crippen LogP contribution >= 0.6 is 11.8 Å².